The second kappa shape index (κ2) is 7.11. The molecule has 0 aromatic heterocycles. The van der Waals surface area contributed by atoms with E-state index in [1.54, 1.807) is 29.2 Å². The zero-order chi connectivity index (χ0) is 15.2. The van der Waals surface area contributed by atoms with E-state index in [9.17, 15) is 14.7 Å². The molecule has 1 aliphatic rings. The van der Waals surface area contributed by atoms with E-state index < -0.39 is 12.0 Å². The maximum Gasteiger partial charge on any atom is 0.330 e. The van der Waals surface area contributed by atoms with E-state index in [0.717, 1.165) is 19.3 Å². The second-order valence-corrected chi connectivity index (χ2v) is 5.47. The van der Waals surface area contributed by atoms with Crippen molar-refractivity contribution < 1.29 is 14.7 Å². The lowest BCUT2D eigenvalue weighted by Crippen LogP contribution is -2.47. The molecule has 2 rings (SSSR count). The Balaban J connectivity index is 1.98. The van der Waals surface area contributed by atoms with Crippen LogP contribution in [0.15, 0.2) is 30.3 Å². The Bertz CT molecular complexity index is 482. The number of aliphatic carboxylic acids is 1. The van der Waals surface area contributed by atoms with Crippen molar-refractivity contribution in [3.8, 4) is 0 Å². The number of carbonyl (C=O) groups excluding carboxylic acids is 1. The average molecular weight is 290 g/mol. The predicted octanol–water partition coefficient (Wildman–Crippen LogP) is 2.64. The van der Waals surface area contributed by atoms with Crippen molar-refractivity contribution in [1.82, 2.24) is 10.2 Å². The highest BCUT2D eigenvalue weighted by molar-refractivity contribution is 5.83. The highest BCUT2D eigenvalue weighted by Gasteiger charge is 2.27. The van der Waals surface area contributed by atoms with Crippen LogP contribution in [0.25, 0.3) is 0 Å². The Morgan fingerprint density at radius 2 is 1.90 bits per heavy atom. The summed E-state index contributed by atoms with van der Waals surface area (Å²) in [6, 6.07) is 7.49. The van der Waals surface area contributed by atoms with E-state index in [4.69, 9.17) is 0 Å². The van der Waals surface area contributed by atoms with Gasteiger partial charge in [0, 0.05) is 13.1 Å². The minimum absolute atomic E-state index is 0.291. The first-order valence-electron chi connectivity index (χ1n) is 7.45. The van der Waals surface area contributed by atoms with Gasteiger partial charge < -0.3 is 15.3 Å². The number of urea groups is 1. The minimum Gasteiger partial charge on any atom is -0.479 e. The van der Waals surface area contributed by atoms with Gasteiger partial charge in [-0.05, 0) is 24.3 Å². The lowest BCUT2D eigenvalue weighted by Gasteiger charge is -2.32. The molecule has 0 aliphatic carbocycles. The molecular formula is C16H22N2O3. The summed E-state index contributed by atoms with van der Waals surface area (Å²) in [7, 11) is 0. The number of nitrogens with one attached hydrogen (secondary N) is 1. The first-order valence-corrected chi connectivity index (χ1v) is 7.45. The third kappa shape index (κ3) is 3.97. The molecule has 21 heavy (non-hydrogen) atoms. The number of hydrogen-bond donors (Lipinski definition) is 2. The fourth-order valence-corrected chi connectivity index (χ4v) is 2.69. The van der Waals surface area contributed by atoms with Crippen molar-refractivity contribution in [3.05, 3.63) is 35.9 Å². The normalized spacial score (nSPS) is 17.3. The Morgan fingerprint density at radius 1 is 1.29 bits per heavy atom. The van der Waals surface area contributed by atoms with Crippen LogP contribution < -0.4 is 5.32 Å². The van der Waals surface area contributed by atoms with Gasteiger partial charge in [-0.2, -0.15) is 0 Å². The summed E-state index contributed by atoms with van der Waals surface area (Å²) in [5.41, 5.74) is 0.585. The summed E-state index contributed by atoms with van der Waals surface area (Å²) < 4.78 is 0. The minimum atomic E-state index is -1.04. The molecule has 1 aromatic carbocycles. The Hall–Kier alpha value is -2.04. The van der Waals surface area contributed by atoms with Crippen LogP contribution in [0.1, 0.15) is 37.8 Å². The van der Waals surface area contributed by atoms with Gasteiger partial charge in [-0.25, -0.2) is 9.59 Å². The van der Waals surface area contributed by atoms with Crippen LogP contribution in [0, 0.1) is 5.92 Å². The zero-order valence-electron chi connectivity index (χ0n) is 12.3. The van der Waals surface area contributed by atoms with Crippen LogP contribution in [0.5, 0.6) is 0 Å². The fraction of sp³-hybridized carbons (Fsp3) is 0.500. The Kier molecular flexibility index (Phi) is 5.20. The summed E-state index contributed by atoms with van der Waals surface area (Å²) in [5, 5.41) is 11.9. The lowest BCUT2D eigenvalue weighted by atomic mass is 9.95. The van der Waals surface area contributed by atoms with Gasteiger partial charge in [0.05, 0.1) is 0 Å². The van der Waals surface area contributed by atoms with Gasteiger partial charge in [0.1, 0.15) is 0 Å². The van der Waals surface area contributed by atoms with Gasteiger partial charge >= 0.3 is 12.0 Å². The molecule has 1 heterocycles. The third-order valence-electron chi connectivity index (χ3n) is 4.13. The molecule has 1 aliphatic heterocycles. The van der Waals surface area contributed by atoms with Gasteiger partial charge in [0.25, 0.3) is 0 Å². The predicted molar refractivity (Wildman–Crippen MR) is 79.9 cm³/mol. The largest absolute Gasteiger partial charge is 0.479 e. The Labute approximate surface area is 125 Å². The molecule has 0 bridgehead atoms. The van der Waals surface area contributed by atoms with Crippen LogP contribution in [-0.4, -0.2) is 35.1 Å². The standard InChI is InChI=1S/C16H22N2O3/c1-2-12-8-10-18(11-9-12)16(21)17-14(15(19)20)13-6-4-3-5-7-13/h3-7,12,14H,2,8-11H2,1H3,(H,17,21)(H,19,20)/t14-/m1/s1. The average Bonchev–Trinajstić information content (AvgIpc) is 2.53. The topological polar surface area (TPSA) is 69.6 Å². The number of carbonyl (C=O) groups is 2. The first-order chi connectivity index (χ1) is 10.1. The second-order valence-electron chi connectivity index (χ2n) is 5.47. The number of rotatable bonds is 4. The maximum absolute atomic E-state index is 12.2. The van der Waals surface area contributed by atoms with E-state index in [1.807, 2.05) is 6.07 Å². The van der Waals surface area contributed by atoms with E-state index in [1.165, 1.54) is 0 Å². The molecular weight excluding hydrogens is 268 g/mol. The molecule has 2 N–H and O–H groups in total. The highest BCUT2D eigenvalue weighted by atomic mass is 16.4. The molecule has 0 unspecified atom stereocenters. The molecule has 5 nitrogen and oxygen atoms in total. The molecule has 1 saturated heterocycles. The van der Waals surface area contributed by atoms with Gasteiger partial charge in [0.2, 0.25) is 0 Å². The number of nitrogens with zero attached hydrogens (tertiary/aromatic N) is 1. The van der Waals surface area contributed by atoms with Crippen molar-refractivity contribution in [2.75, 3.05) is 13.1 Å². The quantitative estimate of drug-likeness (QED) is 0.895. The zero-order valence-corrected chi connectivity index (χ0v) is 12.3. The van der Waals surface area contributed by atoms with Crippen LogP contribution in [0.2, 0.25) is 0 Å². The van der Waals surface area contributed by atoms with E-state index in [2.05, 4.69) is 12.2 Å². The number of amides is 2. The summed E-state index contributed by atoms with van der Waals surface area (Å²) in [6.07, 6.45) is 3.12. The van der Waals surface area contributed by atoms with Gasteiger partial charge in [-0.1, -0.05) is 43.7 Å². The van der Waals surface area contributed by atoms with Gasteiger partial charge in [-0.15, -0.1) is 0 Å². The number of likely N-dealkylation sites (tertiary alicyclic amines) is 1. The smallest absolute Gasteiger partial charge is 0.330 e. The molecule has 0 radical (unpaired) electrons. The van der Waals surface area contributed by atoms with Crippen LogP contribution in [-0.2, 0) is 4.79 Å². The lowest BCUT2D eigenvalue weighted by molar-refractivity contribution is -0.139. The first kappa shape index (κ1) is 15.4. The third-order valence-corrected chi connectivity index (χ3v) is 4.13. The maximum atomic E-state index is 12.2. The van der Waals surface area contributed by atoms with Crippen LogP contribution >= 0.6 is 0 Å². The molecule has 5 heteroatoms. The van der Waals surface area contributed by atoms with Gasteiger partial charge in [-0.3, -0.25) is 0 Å². The number of carboxylic acids is 1. The Morgan fingerprint density at radius 3 is 2.43 bits per heavy atom. The highest BCUT2D eigenvalue weighted by Crippen LogP contribution is 2.20. The number of carboxylic acid groups (broad SMARTS) is 1. The molecule has 114 valence electrons. The van der Waals surface area contributed by atoms with Crippen molar-refractivity contribution in [3.63, 3.8) is 0 Å². The molecule has 0 spiro atoms. The number of hydrogen-bond acceptors (Lipinski definition) is 2. The van der Waals surface area contributed by atoms with Crippen molar-refractivity contribution in [2.24, 2.45) is 5.92 Å². The van der Waals surface area contributed by atoms with Crippen LogP contribution in [0.4, 0.5) is 4.79 Å². The van der Waals surface area contributed by atoms with E-state index >= 15 is 0 Å². The molecule has 1 atom stereocenters. The van der Waals surface area contributed by atoms with E-state index in [0.29, 0.717) is 24.6 Å². The van der Waals surface area contributed by atoms with Crippen molar-refractivity contribution in [2.45, 2.75) is 32.2 Å². The monoisotopic (exact) mass is 290 g/mol. The molecule has 1 aromatic rings. The van der Waals surface area contributed by atoms with Crippen molar-refractivity contribution >= 4 is 12.0 Å². The van der Waals surface area contributed by atoms with Crippen LogP contribution in [0.3, 0.4) is 0 Å². The fourth-order valence-electron chi connectivity index (χ4n) is 2.69. The summed E-state index contributed by atoms with van der Waals surface area (Å²) in [4.78, 5) is 25.3. The summed E-state index contributed by atoms with van der Waals surface area (Å²) in [5.74, 6) is -0.364. The van der Waals surface area contributed by atoms with Crippen molar-refractivity contribution in [1.29, 1.82) is 0 Å². The summed E-state index contributed by atoms with van der Waals surface area (Å²) >= 11 is 0. The van der Waals surface area contributed by atoms with E-state index in [-0.39, 0.29) is 6.03 Å². The number of benzene rings is 1. The summed E-state index contributed by atoms with van der Waals surface area (Å²) in [6.45, 7) is 3.56. The molecule has 0 saturated carbocycles. The van der Waals surface area contributed by atoms with Gasteiger partial charge in [0.15, 0.2) is 6.04 Å². The molecule has 2 amide bonds. The SMILES string of the molecule is CCC1CCN(C(=O)N[C@@H](C(=O)O)c2ccccc2)CC1. The number of piperidine rings is 1. The molecule has 1 fully saturated rings.